The molecule has 2 fully saturated rings. The molecule has 3 heterocycles. The van der Waals surface area contributed by atoms with E-state index in [1.54, 1.807) is 6.92 Å². The van der Waals surface area contributed by atoms with Gasteiger partial charge >= 0.3 is 0 Å². The molecule has 2 aromatic rings. The average molecular weight is 383 g/mol. The number of amides is 2. The number of rotatable bonds is 3. The fraction of sp³-hybridized carbons (Fsp3) is 0.571. The number of aryl methyl sites for hydroxylation is 1. The molecule has 7 heteroatoms. The summed E-state index contributed by atoms with van der Waals surface area (Å²) in [7, 11) is 2.06. The maximum Gasteiger partial charge on any atom is 0.227 e. The molecule has 7 nitrogen and oxygen atoms in total. The van der Waals surface area contributed by atoms with Gasteiger partial charge in [0.25, 0.3) is 0 Å². The van der Waals surface area contributed by atoms with Crippen molar-refractivity contribution in [2.24, 2.45) is 13.0 Å². The third kappa shape index (κ3) is 3.76. The lowest BCUT2D eigenvalue weighted by atomic mass is 9.96. The largest absolute Gasteiger partial charge is 0.339 e. The van der Waals surface area contributed by atoms with Gasteiger partial charge in [0.1, 0.15) is 5.82 Å². The Morgan fingerprint density at radius 2 is 1.79 bits per heavy atom. The summed E-state index contributed by atoms with van der Waals surface area (Å²) >= 11 is 0. The van der Waals surface area contributed by atoms with Gasteiger partial charge in [-0.25, -0.2) is 4.98 Å². The Bertz CT molecular complexity index is 869. The van der Waals surface area contributed by atoms with Gasteiger partial charge in [-0.3, -0.25) is 14.5 Å². The number of piperidine rings is 1. The molecule has 1 aromatic heterocycles. The van der Waals surface area contributed by atoms with Crippen LogP contribution < -0.4 is 0 Å². The maximum absolute atomic E-state index is 13.0. The highest BCUT2D eigenvalue weighted by molar-refractivity contribution is 5.80. The molecule has 0 radical (unpaired) electrons. The predicted molar refractivity (Wildman–Crippen MR) is 108 cm³/mol. The quantitative estimate of drug-likeness (QED) is 0.805. The van der Waals surface area contributed by atoms with Crippen molar-refractivity contribution in [1.29, 1.82) is 0 Å². The van der Waals surface area contributed by atoms with E-state index in [0.29, 0.717) is 26.2 Å². The maximum atomic E-state index is 13.0. The topological polar surface area (TPSA) is 61.7 Å². The summed E-state index contributed by atoms with van der Waals surface area (Å²) in [4.78, 5) is 35.4. The van der Waals surface area contributed by atoms with Gasteiger partial charge in [0.15, 0.2) is 0 Å². The number of piperazine rings is 1. The van der Waals surface area contributed by atoms with Crippen LogP contribution in [-0.2, 0) is 23.2 Å². The average Bonchev–Trinajstić information content (AvgIpc) is 3.03. The second-order valence-electron chi connectivity index (χ2n) is 7.98. The molecule has 1 atom stereocenters. The number of carbonyl (C=O) groups is 2. The normalized spacial score (nSPS) is 21.3. The Balaban J connectivity index is 1.38. The number of fused-ring (bicyclic) bond motifs is 1. The van der Waals surface area contributed by atoms with Gasteiger partial charge in [-0.05, 0) is 31.5 Å². The third-order valence-corrected chi connectivity index (χ3v) is 6.14. The molecule has 0 spiro atoms. The highest BCUT2D eigenvalue weighted by Gasteiger charge is 2.31. The number of para-hydroxylation sites is 2. The van der Waals surface area contributed by atoms with E-state index in [1.165, 1.54) is 0 Å². The number of benzene rings is 1. The van der Waals surface area contributed by atoms with Crippen LogP contribution in [-0.4, -0.2) is 75.3 Å². The smallest absolute Gasteiger partial charge is 0.227 e. The van der Waals surface area contributed by atoms with Crippen LogP contribution in [0.5, 0.6) is 0 Å². The Morgan fingerprint density at radius 3 is 2.50 bits per heavy atom. The lowest BCUT2D eigenvalue weighted by Crippen LogP contribution is -2.53. The van der Waals surface area contributed by atoms with E-state index < -0.39 is 0 Å². The van der Waals surface area contributed by atoms with E-state index in [9.17, 15) is 9.59 Å². The summed E-state index contributed by atoms with van der Waals surface area (Å²) in [6.07, 6.45) is 1.98. The van der Waals surface area contributed by atoms with Crippen molar-refractivity contribution < 1.29 is 9.59 Å². The predicted octanol–water partition coefficient (Wildman–Crippen LogP) is 1.48. The zero-order valence-electron chi connectivity index (χ0n) is 16.8. The molecule has 2 amide bonds. The molecule has 2 aliphatic heterocycles. The molecule has 1 aromatic carbocycles. The van der Waals surface area contributed by atoms with E-state index in [0.717, 1.165) is 49.3 Å². The molecular weight excluding hydrogens is 354 g/mol. The minimum Gasteiger partial charge on any atom is -0.339 e. The fourth-order valence-electron chi connectivity index (χ4n) is 4.44. The first kappa shape index (κ1) is 18.9. The van der Waals surface area contributed by atoms with Crippen molar-refractivity contribution in [2.45, 2.75) is 26.3 Å². The van der Waals surface area contributed by atoms with Crippen LogP contribution in [0.4, 0.5) is 0 Å². The van der Waals surface area contributed by atoms with Gasteiger partial charge in [-0.1, -0.05) is 12.1 Å². The van der Waals surface area contributed by atoms with Crippen LogP contribution in [0, 0.1) is 5.92 Å². The van der Waals surface area contributed by atoms with Crippen molar-refractivity contribution in [1.82, 2.24) is 24.3 Å². The second-order valence-corrected chi connectivity index (χ2v) is 7.98. The van der Waals surface area contributed by atoms with Gasteiger partial charge < -0.3 is 14.4 Å². The summed E-state index contributed by atoms with van der Waals surface area (Å²) < 4.78 is 2.15. The van der Waals surface area contributed by atoms with Crippen LogP contribution in [0.15, 0.2) is 24.3 Å². The number of nitrogens with zero attached hydrogens (tertiary/aromatic N) is 5. The lowest BCUT2D eigenvalue weighted by molar-refractivity contribution is -0.142. The molecule has 28 heavy (non-hydrogen) atoms. The second kappa shape index (κ2) is 7.91. The first-order valence-corrected chi connectivity index (χ1v) is 10.2. The Morgan fingerprint density at radius 1 is 1.07 bits per heavy atom. The van der Waals surface area contributed by atoms with Gasteiger partial charge in [0.05, 0.1) is 23.5 Å². The molecule has 0 N–H and O–H groups in total. The van der Waals surface area contributed by atoms with Crippen molar-refractivity contribution in [2.75, 3.05) is 39.3 Å². The fourth-order valence-corrected chi connectivity index (χ4v) is 4.44. The highest BCUT2D eigenvalue weighted by Crippen LogP contribution is 2.22. The molecule has 4 rings (SSSR count). The molecule has 150 valence electrons. The number of imidazole rings is 1. The third-order valence-electron chi connectivity index (χ3n) is 6.14. The van der Waals surface area contributed by atoms with Crippen molar-refractivity contribution in [3.63, 3.8) is 0 Å². The summed E-state index contributed by atoms with van der Waals surface area (Å²) in [5, 5.41) is 0. The molecule has 2 saturated heterocycles. The van der Waals surface area contributed by atoms with Crippen LogP contribution in [0.3, 0.4) is 0 Å². The number of hydrogen-bond donors (Lipinski definition) is 0. The Labute approximate surface area is 165 Å². The standard InChI is InChI=1S/C21H29N5O2/c1-16(27)25-10-12-26(13-11-25)21(28)17-6-5-9-24(14-17)15-20-22-18-7-3-4-8-19(18)23(20)2/h3-4,7-8,17H,5-6,9-15H2,1-2H3/t17-/m0/s1. The number of carbonyl (C=O) groups excluding carboxylic acids is 2. The van der Waals surface area contributed by atoms with Crippen molar-refractivity contribution >= 4 is 22.8 Å². The Kier molecular flexibility index (Phi) is 5.35. The Hall–Kier alpha value is -2.41. The summed E-state index contributed by atoms with van der Waals surface area (Å²) in [5.74, 6) is 1.44. The highest BCUT2D eigenvalue weighted by atomic mass is 16.2. The zero-order valence-corrected chi connectivity index (χ0v) is 16.8. The van der Waals surface area contributed by atoms with Gasteiger partial charge in [0, 0.05) is 46.7 Å². The number of likely N-dealkylation sites (tertiary alicyclic amines) is 1. The van der Waals surface area contributed by atoms with Gasteiger partial charge in [-0.15, -0.1) is 0 Å². The van der Waals surface area contributed by atoms with Crippen LogP contribution in [0.2, 0.25) is 0 Å². The van der Waals surface area contributed by atoms with E-state index in [2.05, 4.69) is 22.6 Å². The first-order valence-electron chi connectivity index (χ1n) is 10.2. The SMILES string of the molecule is CC(=O)N1CCN(C(=O)[C@H]2CCCN(Cc3nc4ccccc4n3C)C2)CC1. The first-order chi connectivity index (χ1) is 13.5. The van der Waals surface area contributed by atoms with E-state index in [-0.39, 0.29) is 17.7 Å². The minimum absolute atomic E-state index is 0.0484. The number of aromatic nitrogens is 2. The van der Waals surface area contributed by atoms with Crippen LogP contribution in [0.25, 0.3) is 11.0 Å². The lowest BCUT2D eigenvalue weighted by Gasteiger charge is -2.38. The molecule has 0 unspecified atom stereocenters. The number of hydrogen-bond acceptors (Lipinski definition) is 4. The zero-order chi connectivity index (χ0) is 19.7. The monoisotopic (exact) mass is 383 g/mol. The minimum atomic E-state index is 0.0484. The van der Waals surface area contributed by atoms with Crippen molar-refractivity contribution in [3.05, 3.63) is 30.1 Å². The van der Waals surface area contributed by atoms with Gasteiger partial charge in [-0.2, -0.15) is 0 Å². The molecule has 0 bridgehead atoms. The molecule has 0 aliphatic carbocycles. The van der Waals surface area contributed by atoms with Crippen LogP contribution >= 0.6 is 0 Å². The summed E-state index contributed by atoms with van der Waals surface area (Å²) in [6, 6.07) is 8.19. The molecular formula is C21H29N5O2. The summed E-state index contributed by atoms with van der Waals surface area (Å²) in [5.41, 5.74) is 2.17. The van der Waals surface area contributed by atoms with E-state index >= 15 is 0 Å². The van der Waals surface area contributed by atoms with E-state index in [1.807, 2.05) is 28.0 Å². The van der Waals surface area contributed by atoms with Crippen molar-refractivity contribution in [3.8, 4) is 0 Å². The molecule has 2 aliphatic rings. The van der Waals surface area contributed by atoms with Gasteiger partial charge in [0.2, 0.25) is 11.8 Å². The van der Waals surface area contributed by atoms with Crippen LogP contribution in [0.1, 0.15) is 25.6 Å². The molecule has 0 saturated carbocycles. The van der Waals surface area contributed by atoms with E-state index in [4.69, 9.17) is 4.98 Å². The summed E-state index contributed by atoms with van der Waals surface area (Å²) in [6.45, 7) is 6.76.